The molecule has 0 atom stereocenters. The van der Waals surface area contributed by atoms with E-state index in [0.717, 1.165) is 36.1 Å². The van der Waals surface area contributed by atoms with Gasteiger partial charge in [-0.25, -0.2) is 19.9 Å². The number of nitrogens with one attached hydrogen (secondary N) is 1. The Hall–Kier alpha value is -1.12. The van der Waals surface area contributed by atoms with Gasteiger partial charge < -0.3 is 9.72 Å². The summed E-state index contributed by atoms with van der Waals surface area (Å²) in [4.78, 5) is 19.8. The van der Waals surface area contributed by atoms with Gasteiger partial charge in [0.15, 0.2) is 11.3 Å². The highest BCUT2D eigenvalue weighted by atomic mass is 127. The average Bonchev–Trinajstić information content (AvgIpc) is 3.27. The van der Waals surface area contributed by atoms with E-state index in [2.05, 4.69) is 89.7 Å². The lowest BCUT2D eigenvalue weighted by atomic mass is 10.4. The number of halogens is 2. The second-order valence-corrected chi connectivity index (χ2v) is 15.4. The number of ether oxygens (including phenoxy) is 1. The zero-order valence-corrected chi connectivity index (χ0v) is 21.3. The van der Waals surface area contributed by atoms with Crippen molar-refractivity contribution in [2.75, 3.05) is 6.61 Å². The van der Waals surface area contributed by atoms with E-state index in [9.17, 15) is 0 Å². The Balaban J connectivity index is 0.000000188. The number of nitrogens with zero attached hydrogens (tertiary/aromatic N) is 5. The van der Waals surface area contributed by atoms with E-state index in [4.69, 9.17) is 4.74 Å². The minimum Gasteiger partial charge on any atom is -0.361 e. The zero-order chi connectivity index (χ0) is 20.1. The van der Waals surface area contributed by atoms with Crippen molar-refractivity contribution in [2.24, 2.45) is 0 Å². The summed E-state index contributed by atoms with van der Waals surface area (Å²) in [7, 11) is -1.01. The molecule has 0 fully saturated rings. The lowest BCUT2D eigenvalue weighted by molar-refractivity contribution is 0.0895. The zero-order valence-electron chi connectivity index (χ0n) is 16.0. The first-order chi connectivity index (χ1) is 13.3. The molecule has 4 aromatic heterocycles. The van der Waals surface area contributed by atoms with E-state index in [1.807, 2.05) is 22.9 Å². The van der Waals surface area contributed by atoms with Crippen LogP contribution in [0.2, 0.25) is 25.7 Å². The third-order valence-electron chi connectivity index (χ3n) is 3.96. The summed E-state index contributed by atoms with van der Waals surface area (Å²) in [6.07, 6.45) is 7.02. The lowest BCUT2D eigenvalue weighted by Gasteiger charge is -2.15. The van der Waals surface area contributed by atoms with E-state index in [1.54, 1.807) is 18.9 Å². The Morgan fingerprint density at radius 3 is 2.54 bits per heavy atom. The number of hydrogen-bond acceptors (Lipinski definition) is 5. The summed E-state index contributed by atoms with van der Waals surface area (Å²) in [6, 6.07) is 5.10. The van der Waals surface area contributed by atoms with E-state index < -0.39 is 8.07 Å². The Morgan fingerprint density at radius 2 is 1.79 bits per heavy atom. The van der Waals surface area contributed by atoms with Crippen molar-refractivity contribution < 1.29 is 4.74 Å². The number of pyridine rings is 2. The van der Waals surface area contributed by atoms with Gasteiger partial charge in [0.25, 0.3) is 0 Å². The highest BCUT2D eigenvalue weighted by Gasteiger charge is 2.12. The molecule has 4 heterocycles. The van der Waals surface area contributed by atoms with E-state index in [1.165, 1.54) is 6.04 Å². The maximum absolute atomic E-state index is 5.72. The molecule has 7 nitrogen and oxygen atoms in total. The quantitative estimate of drug-likeness (QED) is 0.195. The second kappa shape index (κ2) is 9.58. The van der Waals surface area contributed by atoms with Gasteiger partial charge in [0.1, 0.15) is 12.2 Å². The molecule has 1 N–H and O–H groups in total. The number of rotatable bonds is 5. The van der Waals surface area contributed by atoms with Gasteiger partial charge in [-0.05, 0) is 63.4 Å². The molecule has 0 aliphatic carbocycles. The van der Waals surface area contributed by atoms with Crippen molar-refractivity contribution in [3.8, 4) is 0 Å². The molecule has 0 bridgehead atoms. The molecular formula is C18H22I2N6OSi. The van der Waals surface area contributed by atoms with Crippen LogP contribution in [0.3, 0.4) is 0 Å². The topological polar surface area (TPSA) is 81.5 Å². The molecule has 0 amide bonds. The molecule has 10 heteroatoms. The molecule has 0 saturated carbocycles. The minimum absolute atomic E-state index is 0.536. The largest absolute Gasteiger partial charge is 0.361 e. The number of aromatic nitrogens is 6. The van der Waals surface area contributed by atoms with Gasteiger partial charge in [-0.15, -0.1) is 0 Å². The molecule has 0 aliphatic rings. The summed E-state index contributed by atoms with van der Waals surface area (Å²) in [5, 5.41) is 0. The fourth-order valence-corrected chi connectivity index (χ4v) is 4.24. The Kier molecular flexibility index (Phi) is 7.39. The third kappa shape index (κ3) is 5.70. The van der Waals surface area contributed by atoms with Gasteiger partial charge in [0.2, 0.25) is 0 Å². The fourth-order valence-electron chi connectivity index (χ4n) is 2.38. The van der Waals surface area contributed by atoms with Crippen LogP contribution in [0, 0.1) is 7.14 Å². The van der Waals surface area contributed by atoms with Gasteiger partial charge in [-0.1, -0.05) is 19.6 Å². The minimum atomic E-state index is -1.01. The first-order valence-electron chi connectivity index (χ1n) is 8.82. The third-order valence-corrected chi connectivity index (χ3v) is 7.43. The molecule has 0 radical (unpaired) electrons. The molecule has 4 aromatic rings. The first kappa shape index (κ1) is 21.6. The van der Waals surface area contributed by atoms with E-state index in [-0.39, 0.29) is 0 Å². The van der Waals surface area contributed by atoms with E-state index in [0.29, 0.717) is 6.73 Å². The number of H-pyrrole nitrogens is 1. The second-order valence-electron chi connectivity index (χ2n) is 7.42. The van der Waals surface area contributed by atoms with Gasteiger partial charge in [0.05, 0.1) is 18.2 Å². The Bertz CT molecular complexity index is 1060. The van der Waals surface area contributed by atoms with E-state index >= 15 is 0 Å². The Morgan fingerprint density at radius 1 is 1.04 bits per heavy atom. The van der Waals surface area contributed by atoms with Crippen molar-refractivity contribution in [3.63, 3.8) is 0 Å². The average molecular weight is 620 g/mol. The number of fused-ring (bicyclic) bond motifs is 2. The smallest absolute Gasteiger partial charge is 0.178 e. The Labute approximate surface area is 192 Å². The van der Waals surface area contributed by atoms with Crippen LogP contribution in [0.15, 0.2) is 37.2 Å². The van der Waals surface area contributed by atoms with Gasteiger partial charge in [0, 0.05) is 34.2 Å². The molecule has 0 spiro atoms. The van der Waals surface area contributed by atoms with Crippen LogP contribution >= 0.6 is 45.2 Å². The van der Waals surface area contributed by atoms with Crippen molar-refractivity contribution in [2.45, 2.75) is 32.4 Å². The van der Waals surface area contributed by atoms with Crippen molar-refractivity contribution in [1.29, 1.82) is 0 Å². The van der Waals surface area contributed by atoms with Gasteiger partial charge in [-0.2, -0.15) is 0 Å². The summed E-state index contributed by atoms with van der Waals surface area (Å²) in [5.74, 6) is 0. The van der Waals surface area contributed by atoms with Crippen LogP contribution < -0.4 is 0 Å². The van der Waals surface area contributed by atoms with Crippen LogP contribution in [0.4, 0.5) is 0 Å². The van der Waals surface area contributed by atoms with Gasteiger partial charge in [-0.3, -0.25) is 4.57 Å². The number of aromatic amines is 1. The molecule has 0 saturated heterocycles. The summed E-state index contributed by atoms with van der Waals surface area (Å²) in [6.45, 7) is 8.42. The standard InChI is InChI=1S/C12H18IN3OSi.C6H4IN3/c1-18(2,3)7-6-17-9-16-8-15-11-10(13)4-5-14-12(11)16;7-4-1-2-8-6-5(4)9-3-10-6/h4-5,8H,6-7,9H2,1-3H3;1-3H,(H,8,9,10). The summed E-state index contributed by atoms with van der Waals surface area (Å²) < 4.78 is 9.95. The molecule has 0 aliphatic heterocycles. The van der Waals surface area contributed by atoms with Gasteiger partial charge >= 0.3 is 0 Å². The molecule has 0 aromatic carbocycles. The molecule has 148 valence electrons. The van der Waals surface area contributed by atoms with Crippen LogP contribution in [-0.2, 0) is 11.5 Å². The summed E-state index contributed by atoms with van der Waals surface area (Å²) >= 11 is 4.52. The highest BCUT2D eigenvalue weighted by molar-refractivity contribution is 14.1. The van der Waals surface area contributed by atoms with Crippen LogP contribution in [-0.4, -0.2) is 44.2 Å². The fraction of sp³-hybridized carbons (Fsp3) is 0.333. The lowest BCUT2D eigenvalue weighted by Crippen LogP contribution is -2.22. The molecule has 0 unspecified atom stereocenters. The number of hydrogen-bond donors (Lipinski definition) is 1. The maximum atomic E-state index is 5.72. The molecule has 28 heavy (non-hydrogen) atoms. The SMILES string of the molecule is C[Si](C)(C)CCOCn1cnc2c(I)ccnc21.Ic1ccnc2nc[nH]c12. The van der Waals surface area contributed by atoms with Crippen LogP contribution in [0.5, 0.6) is 0 Å². The molecule has 4 rings (SSSR count). The molecular weight excluding hydrogens is 598 g/mol. The highest BCUT2D eigenvalue weighted by Crippen LogP contribution is 2.17. The van der Waals surface area contributed by atoms with Crippen LogP contribution in [0.1, 0.15) is 0 Å². The first-order valence-corrected chi connectivity index (χ1v) is 14.7. The normalized spacial score (nSPS) is 11.6. The monoisotopic (exact) mass is 620 g/mol. The number of imidazole rings is 2. The van der Waals surface area contributed by atoms with Crippen LogP contribution in [0.25, 0.3) is 22.3 Å². The maximum Gasteiger partial charge on any atom is 0.178 e. The predicted octanol–water partition coefficient (Wildman–Crippen LogP) is 4.91. The van der Waals surface area contributed by atoms with Crippen molar-refractivity contribution in [3.05, 3.63) is 44.3 Å². The van der Waals surface area contributed by atoms with Crippen molar-refractivity contribution >= 4 is 75.6 Å². The predicted molar refractivity (Wildman–Crippen MR) is 131 cm³/mol. The summed E-state index contributed by atoms with van der Waals surface area (Å²) in [5.41, 5.74) is 3.65. The van der Waals surface area contributed by atoms with Crippen molar-refractivity contribution in [1.82, 2.24) is 29.5 Å².